The largest absolute Gasteiger partial charge is 0.494 e. The fourth-order valence-corrected chi connectivity index (χ4v) is 3.54. The standard InChI is InChI=1S/C23H24N4O2/c1-2-29-19-11-6-9-17(13-19)21-14-22(26-25-21)23(28)27-24-15-18-10-5-8-16-7-3-4-12-20(16)18/h3-13,15,21-22,25-26H,2,14H2,1H3,(H,27,28)/b24-15+. The van der Waals surface area contributed by atoms with Gasteiger partial charge in [-0.25, -0.2) is 16.3 Å². The number of hydrazone groups is 1. The lowest BCUT2D eigenvalue weighted by Gasteiger charge is -2.11. The van der Waals surface area contributed by atoms with E-state index in [0.29, 0.717) is 13.0 Å². The van der Waals surface area contributed by atoms with Gasteiger partial charge in [0.15, 0.2) is 0 Å². The first-order valence-electron chi connectivity index (χ1n) is 9.79. The third-order valence-corrected chi connectivity index (χ3v) is 4.99. The van der Waals surface area contributed by atoms with Gasteiger partial charge in [-0.1, -0.05) is 54.6 Å². The van der Waals surface area contributed by atoms with Crippen LogP contribution in [0.4, 0.5) is 0 Å². The van der Waals surface area contributed by atoms with Crippen molar-refractivity contribution in [3.8, 4) is 5.75 Å². The number of ether oxygens (including phenoxy) is 1. The predicted molar refractivity (Wildman–Crippen MR) is 115 cm³/mol. The van der Waals surface area contributed by atoms with Gasteiger partial charge in [0, 0.05) is 11.6 Å². The molecule has 2 atom stereocenters. The fraction of sp³-hybridized carbons (Fsp3) is 0.217. The Hall–Kier alpha value is -3.22. The lowest BCUT2D eigenvalue weighted by molar-refractivity contribution is -0.122. The third-order valence-electron chi connectivity index (χ3n) is 4.99. The molecule has 3 N–H and O–H groups in total. The first kappa shape index (κ1) is 19.1. The number of nitrogens with zero attached hydrogens (tertiary/aromatic N) is 1. The maximum atomic E-state index is 12.5. The Kier molecular flexibility index (Phi) is 5.84. The maximum absolute atomic E-state index is 12.5. The van der Waals surface area contributed by atoms with Crippen LogP contribution in [-0.2, 0) is 4.79 Å². The number of carbonyl (C=O) groups is 1. The number of benzene rings is 3. The van der Waals surface area contributed by atoms with E-state index < -0.39 is 0 Å². The maximum Gasteiger partial charge on any atom is 0.258 e. The summed E-state index contributed by atoms with van der Waals surface area (Å²) in [6, 6.07) is 21.7. The topological polar surface area (TPSA) is 74.8 Å². The Bertz CT molecular complexity index is 1030. The summed E-state index contributed by atoms with van der Waals surface area (Å²) in [6.45, 7) is 2.58. The Morgan fingerprint density at radius 2 is 1.97 bits per heavy atom. The molecule has 1 amide bonds. The summed E-state index contributed by atoms with van der Waals surface area (Å²) in [4.78, 5) is 12.5. The fourth-order valence-electron chi connectivity index (χ4n) is 3.54. The highest BCUT2D eigenvalue weighted by molar-refractivity contribution is 6.00. The van der Waals surface area contributed by atoms with Gasteiger partial charge < -0.3 is 4.74 Å². The van der Waals surface area contributed by atoms with Crippen molar-refractivity contribution in [2.45, 2.75) is 25.4 Å². The van der Waals surface area contributed by atoms with Crippen LogP contribution in [0.15, 0.2) is 71.8 Å². The van der Waals surface area contributed by atoms with Crippen LogP contribution in [0.25, 0.3) is 10.8 Å². The molecule has 6 nitrogen and oxygen atoms in total. The highest BCUT2D eigenvalue weighted by Gasteiger charge is 2.30. The van der Waals surface area contributed by atoms with Crippen LogP contribution in [-0.4, -0.2) is 24.8 Å². The van der Waals surface area contributed by atoms with Crippen molar-refractivity contribution >= 4 is 22.9 Å². The molecular formula is C23H24N4O2. The van der Waals surface area contributed by atoms with E-state index >= 15 is 0 Å². The molecule has 148 valence electrons. The summed E-state index contributed by atoms with van der Waals surface area (Å²) in [5, 5.41) is 6.40. The van der Waals surface area contributed by atoms with E-state index in [1.54, 1.807) is 6.21 Å². The van der Waals surface area contributed by atoms with Gasteiger partial charge in [-0.3, -0.25) is 4.79 Å². The molecule has 0 radical (unpaired) electrons. The molecule has 6 heteroatoms. The second kappa shape index (κ2) is 8.86. The number of carbonyl (C=O) groups excluding carboxylic acids is 1. The molecule has 1 saturated heterocycles. The Morgan fingerprint density at radius 3 is 2.86 bits per heavy atom. The van der Waals surface area contributed by atoms with E-state index in [9.17, 15) is 4.79 Å². The highest BCUT2D eigenvalue weighted by atomic mass is 16.5. The van der Waals surface area contributed by atoms with Crippen LogP contribution < -0.4 is 21.0 Å². The van der Waals surface area contributed by atoms with Gasteiger partial charge in [-0.15, -0.1) is 0 Å². The number of amides is 1. The van der Waals surface area contributed by atoms with Gasteiger partial charge in [0.1, 0.15) is 11.8 Å². The van der Waals surface area contributed by atoms with E-state index in [0.717, 1.165) is 27.6 Å². The van der Waals surface area contributed by atoms with Gasteiger partial charge in [0.05, 0.1) is 12.8 Å². The molecule has 29 heavy (non-hydrogen) atoms. The first-order chi connectivity index (χ1) is 14.2. The van der Waals surface area contributed by atoms with Crippen molar-refractivity contribution in [2.75, 3.05) is 6.61 Å². The van der Waals surface area contributed by atoms with E-state index in [4.69, 9.17) is 4.74 Å². The zero-order valence-electron chi connectivity index (χ0n) is 16.3. The van der Waals surface area contributed by atoms with Crippen molar-refractivity contribution < 1.29 is 9.53 Å². The Balaban J connectivity index is 1.37. The molecule has 0 bridgehead atoms. The number of hydrazine groups is 1. The molecule has 0 aliphatic carbocycles. The molecule has 3 aromatic carbocycles. The molecule has 1 heterocycles. The predicted octanol–water partition coefficient (Wildman–Crippen LogP) is 3.30. The van der Waals surface area contributed by atoms with Crippen molar-refractivity contribution in [1.82, 2.24) is 16.3 Å². The highest BCUT2D eigenvalue weighted by Crippen LogP contribution is 2.25. The smallest absolute Gasteiger partial charge is 0.258 e. The SMILES string of the molecule is CCOc1cccc(C2CC(C(=O)N/N=C/c3cccc4ccccc34)NN2)c1. The molecule has 3 aromatic rings. The molecule has 1 aliphatic rings. The quantitative estimate of drug-likeness (QED) is 0.447. The van der Waals surface area contributed by atoms with Crippen LogP contribution in [0, 0.1) is 0 Å². The number of nitrogens with one attached hydrogen (secondary N) is 3. The number of rotatable bonds is 6. The van der Waals surface area contributed by atoms with Crippen molar-refractivity contribution in [1.29, 1.82) is 0 Å². The zero-order valence-corrected chi connectivity index (χ0v) is 16.3. The minimum absolute atomic E-state index is 0.0354. The molecule has 1 aliphatic heterocycles. The summed E-state index contributed by atoms with van der Waals surface area (Å²) in [6.07, 6.45) is 2.32. The summed E-state index contributed by atoms with van der Waals surface area (Å²) >= 11 is 0. The van der Waals surface area contributed by atoms with Gasteiger partial charge in [-0.05, 0) is 41.8 Å². The molecule has 1 fully saturated rings. The van der Waals surface area contributed by atoms with Gasteiger partial charge in [0.2, 0.25) is 0 Å². The number of hydrogen-bond acceptors (Lipinski definition) is 5. The van der Waals surface area contributed by atoms with E-state index in [1.165, 1.54) is 0 Å². The lowest BCUT2D eigenvalue weighted by atomic mass is 10.0. The summed E-state index contributed by atoms with van der Waals surface area (Å²) in [7, 11) is 0. The molecule has 4 rings (SSSR count). The van der Waals surface area contributed by atoms with Crippen LogP contribution in [0.2, 0.25) is 0 Å². The second-order valence-corrected chi connectivity index (χ2v) is 6.94. The average molecular weight is 388 g/mol. The van der Waals surface area contributed by atoms with Gasteiger partial charge >= 0.3 is 0 Å². The average Bonchev–Trinajstić information content (AvgIpc) is 3.25. The van der Waals surface area contributed by atoms with Crippen LogP contribution in [0.3, 0.4) is 0 Å². The van der Waals surface area contributed by atoms with E-state index in [1.807, 2.05) is 61.5 Å². The number of hydrogen-bond donors (Lipinski definition) is 3. The normalized spacial score (nSPS) is 18.9. The van der Waals surface area contributed by atoms with Crippen molar-refractivity contribution in [3.63, 3.8) is 0 Å². The minimum atomic E-state index is -0.361. The second-order valence-electron chi connectivity index (χ2n) is 6.94. The Morgan fingerprint density at radius 1 is 1.14 bits per heavy atom. The van der Waals surface area contributed by atoms with Gasteiger partial charge in [0.25, 0.3) is 5.91 Å². The third kappa shape index (κ3) is 4.45. The van der Waals surface area contributed by atoms with Crippen molar-refractivity contribution in [3.05, 3.63) is 77.9 Å². The molecule has 0 spiro atoms. The zero-order chi connectivity index (χ0) is 20.1. The lowest BCUT2D eigenvalue weighted by Crippen LogP contribution is -2.41. The summed E-state index contributed by atoms with van der Waals surface area (Å²) in [5.41, 5.74) is 10.9. The molecule has 2 unspecified atom stereocenters. The molecular weight excluding hydrogens is 364 g/mol. The van der Waals surface area contributed by atoms with Crippen LogP contribution in [0.5, 0.6) is 5.75 Å². The van der Waals surface area contributed by atoms with E-state index in [-0.39, 0.29) is 18.0 Å². The van der Waals surface area contributed by atoms with Crippen LogP contribution in [0.1, 0.15) is 30.5 Å². The van der Waals surface area contributed by atoms with Gasteiger partial charge in [-0.2, -0.15) is 5.10 Å². The monoisotopic (exact) mass is 388 g/mol. The molecule has 0 saturated carbocycles. The molecule has 0 aromatic heterocycles. The Labute approximate surface area is 169 Å². The number of fused-ring (bicyclic) bond motifs is 1. The summed E-state index contributed by atoms with van der Waals surface area (Å²) in [5.74, 6) is 0.664. The van der Waals surface area contributed by atoms with Crippen molar-refractivity contribution in [2.24, 2.45) is 5.10 Å². The first-order valence-corrected chi connectivity index (χ1v) is 9.79. The van der Waals surface area contributed by atoms with Crippen LogP contribution >= 0.6 is 0 Å². The minimum Gasteiger partial charge on any atom is -0.494 e. The van der Waals surface area contributed by atoms with E-state index in [2.05, 4.69) is 33.5 Å². The summed E-state index contributed by atoms with van der Waals surface area (Å²) < 4.78 is 5.56.